The minimum Gasteiger partial charge on any atom is -0.508 e. The van der Waals surface area contributed by atoms with Crippen LogP contribution < -0.4 is 0 Å². The Labute approximate surface area is 126 Å². The van der Waals surface area contributed by atoms with E-state index in [-0.39, 0.29) is 0 Å². The van der Waals surface area contributed by atoms with Crippen molar-refractivity contribution in [2.75, 3.05) is 20.6 Å². The van der Waals surface area contributed by atoms with Gasteiger partial charge in [-0.15, -0.1) is 0 Å². The number of benzene rings is 1. The van der Waals surface area contributed by atoms with E-state index in [0.717, 1.165) is 18.4 Å². The standard InChI is InChI=1S/C17H24ClNO/c1-19(2)10-17-12-4-3-11(5-12)6-16(17)13-7-14(18)9-15(20)8-13/h7-9,11-12,16-17,20H,3-6,10H2,1-2H3/t11?,12-,16?,17-/m0/s1. The molecule has 0 saturated heterocycles. The molecule has 2 aliphatic rings. The zero-order chi connectivity index (χ0) is 14.3. The monoisotopic (exact) mass is 293 g/mol. The number of halogens is 1. The van der Waals surface area contributed by atoms with E-state index in [1.54, 1.807) is 6.07 Å². The fourth-order valence-corrected chi connectivity index (χ4v) is 4.71. The summed E-state index contributed by atoms with van der Waals surface area (Å²) < 4.78 is 0. The summed E-state index contributed by atoms with van der Waals surface area (Å²) in [4.78, 5) is 2.31. The Hall–Kier alpha value is -0.730. The highest BCUT2D eigenvalue weighted by molar-refractivity contribution is 6.30. The maximum atomic E-state index is 9.85. The van der Waals surface area contributed by atoms with Gasteiger partial charge in [0.05, 0.1) is 0 Å². The minimum absolute atomic E-state index is 0.300. The summed E-state index contributed by atoms with van der Waals surface area (Å²) >= 11 is 6.14. The SMILES string of the molecule is CN(C)C[C@@H]1C(c2cc(O)cc(Cl)c2)CC2CC[C@H]1C2. The van der Waals surface area contributed by atoms with Crippen LogP contribution in [0, 0.1) is 17.8 Å². The average molecular weight is 294 g/mol. The smallest absolute Gasteiger partial charge is 0.117 e. The second-order valence-corrected chi connectivity index (χ2v) is 7.39. The van der Waals surface area contributed by atoms with Crippen molar-refractivity contribution in [3.8, 4) is 5.75 Å². The second-order valence-electron chi connectivity index (χ2n) is 6.95. The molecule has 1 aromatic carbocycles. The molecule has 2 saturated carbocycles. The Morgan fingerprint density at radius 1 is 1.20 bits per heavy atom. The Balaban J connectivity index is 1.91. The van der Waals surface area contributed by atoms with Crippen molar-refractivity contribution in [3.05, 3.63) is 28.8 Å². The molecule has 0 radical (unpaired) electrons. The number of phenols is 1. The first-order valence-corrected chi connectivity index (χ1v) is 8.05. The summed E-state index contributed by atoms with van der Waals surface area (Å²) in [7, 11) is 4.32. The summed E-state index contributed by atoms with van der Waals surface area (Å²) in [6.45, 7) is 1.13. The molecule has 2 nitrogen and oxygen atoms in total. The summed E-state index contributed by atoms with van der Waals surface area (Å²) in [6, 6.07) is 5.60. The lowest BCUT2D eigenvalue weighted by Crippen LogP contribution is -2.34. The molecule has 3 rings (SSSR count). The first-order chi connectivity index (χ1) is 9.52. The number of phenolic OH excluding ortho intramolecular Hbond substituents is 1. The highest BCUT2D eigenvalue weighted by Crippen LogP contribution is 2.52. The van der Waals surface area contributed by atoms with Crippen molar-refractivity contribution in [1.82, 2.24) is 4.90 Å². The first-order valence-electron chi connectivity index (χ1n) is 7.67. The van der Waals surface area contributed by atoms with E-state index in [1.807, 2.05) is 6.07 Å². The topological polar surface area (TPSA) is 23.5 Å². The number of hydrogen-bond donors (Lipinski definition) is 1. The van der Waals surface area contributed by atoms with Gasteiger partial charge in [0, 0.05) is 11.6 Å². The number of nitrogens with zero attached hydrogens (tertiary/aromatic N) is 1. The van der Waals surface area contributed by atoms with E-state index in [1.165, 1.54) is 31.2 Å². The first kappa shape index (κ1) is 14.2. The molecule has 0 aromatic heterocycles. The molecule has 2 bridgehead atoms. The van der Waals surface area contributed by atoms with Gasteiger partial charge in [-0.1, -0.05) is 18.0 Å². The molecule has 2 aliphatic carbocycles. The van der Waals surface area contributed by atoms with Gasteiger partial charge in [0.1, 0.15) is 5.75 Å². The molecule has 0 spiro atoms. The Morgan fingerprint density at radius 2 is 2.00 bits per heavy atom. The molecular formula is C17H24ClNO. The maximum Gasteiger partial charge on any atom is 0.117 e. The lowest BCUT2D eigenvalue weighted by molar-refractivity contribution is 0.165. The quantitative estimate of drug-likeness (QED) is 0.906. The normalized spacial score (nSPS) is 32.8. The summed E-state index contributed by atoms with van der Waals surface area (Å²) in [5.41, 5.74) is 1.23. The Kier molecular flexibility index (Phi) is 3.96. The van der Waals surface area contributed by atoms with E-state index < -0.39 is 0 Å². The highest BCUT2D eigenvalue weighted by atomic mass is 35.5. The molecule has 0 amide bonds. The van der Waals surface area contributed by atoms with Gasteiger partial charge in [-0.2, -0.15) is 0 Å². The maximum absolute atomic E-state index is 9.85. The van der Waals surface area contributed by atoms with Crippen molar-refractivity contribution < 1.29 is 5.11 Å². The van der Waals surface area contributed by atoms with Crippen LogP contribution in [-0.4, -0.2) is 30.6 Å². The van der Waals surface area contributed by atoms with Gasteiger partial charge in [-0.25, -0.2) is 0 Å². The molecule has 2 unspecified atom stereocenters. The molecule has 4 atom stereocenters. The van der Waals surface area contributed by atoms with Crippen LogP contribution in [0.4, 0.5) is 0 Å². The summed E-state index contributed by atoms with van der Waals surface area (Å²) in [6.07, 6.45) is 5.43. The van der Waals surface area contributed by atoms with Gasteiger partial charge in [-0.3, -0.25) is 0 Å². The molecule has 1 N–H and O–H groups in total. The predicted octanol–water partition coefficient (Wildman–Crippen LogP) is 4.13. The van der Waals surface area contributed by atoms with E-state index >= 15 is 0 Å². The van der Waals surface area contributed by atoms with Crippen LogP contribution in [0.2, 0.25) is 5.02 Å². The number of rotatable bonds is 3. The molecular weight excluding hydrogens is 270 g/mol. The molecule has 20 heavy (non-hydrogen) atoms. The Morgan fingerprint density at radius 3 is 2.70 bits per heavy atom. The van der Waals surface area contributed by atoms with E-state index in [0.29, 0.717) is 22.6 Å². The van der Waals surface area contributed by atoms with Gasteiger partial charge in [0.15, 0.2) is 0 Å². The largest absolute Gasteiger partial charge is 0.508 e. The zero-order valence-electron chi connectivity index (χ0n) is 12.3. The lowest BCUT2D eigenvalue weighted by atomic mass is 9.69. The van der Waals surface area contributed by atoms with Gasteiger partial charge in [0.25, 0.3) is 0 Å². The third kappa shape index (κ3) is 2.82. The van der Waals surface area contributed by atoms with Crippen molar-refractivity contribution in [2.24, 2.45) is 17.8 Å². The fourth-order valence-electron chi connectivity index (χ4n) is 4.47. The highest BCUT2D eigenvalue weighted by Gasteiger charge is 2.42. The fraction of sp³-hybridized carbons (Fsp3) is 0.647. The van der Waals surface area contributed by atoms with Crippen molar-refractivity contribution in [2.45, 2.75) is 31.6 Å². The van der Waals surface area contributed by atoms with E-state index in [4.69, 9.17) is 11.6 Å². The number of hydrogen-bond acceptors (Lipinski definition) is 2. The van der Waals surface area contributed by atoms with Gasteiger partial charge >= 0.3 is 0 Å². The van der Waals surface area contributed by atoms with Gasteiger partial charge in [-0.05, 0) is 80.8 Å². The van der Waals surface area contributed by atoms with Gasteiger partial charge < -0.3 is 10.0 Å². The van der Waals surface area contributed by atoms with Crippen LogP contribution in [0.5, 0.6) is 5.75 Å². The van der Waals surface area contributed by atoms with Crippen molar-refractivity contribution in [3.63, 3.8) is 0 Å². The molecule has 3 heteroatoms. The molecule has 2 fully saturated rings. The van der Waals surface area contributed by atoms with Crippen LogP contribution in [0.1, 0.15) is 37.2 Å². The van der Waals surface area contributed by atoms with Crippen LogP contribution >= 0.6 is 11.6 Å². The van der Waals surface area contributed by atoms with Crippen molar-refractivity contribution in [1.29, 1.82) is 0 Å². The van der Waals surface area contributed by atoms with Crippen LogP contribution in [0.25, 0.3) is 0 Å². The zero-order valence-corrected chi connectivity index (χ0v) is 13.1. The van der Waals surface area contributed by atoms with E-state index in [9.17, 15) is 5.11 Å². The third-order valence-corrected chi connectivity index (χ3v) is 5.42. The average Bonchev–Trinajstić information content (AvgIpc) is 2.74. The van der Waals surface area contributed by atoms with Crippen LogP contribution in [0.3, 0.4) is 0 Å². The predicted molar refractivity (Wildman–Crippen MR) is 83.3 cm³/mol. The summed E-state index contributed by atoms with van der Waals surface area (Å²) in [5.74, 6) is 3.27. The lowest BCUT2D eigenvalue weighted by Gasteiger charge is -2.38. The number of fused-ring (bicyclic) bond motifs is 2. The third-order valence-electron chi connectivity index (χ3n) is 5.20. The second kappa shape index (κ2) is 5.57. The van der Waals surface area contributed by atoms with Crippen molar-refractivity contribution >= 4 is 11.6 Å². The Bertz CT molecular complexity index is 468. The van der Waals surface area contributed by atoms with E-state index in [2.05, 4.69) is 25.1 Å². The molecule has 1 aromatic rings. The molecule has 0 heterocycles. The van der Waals surface area contributed by atoms with Crippen LogP contribution in [-0.2, 0) is 0 Å². The molecule has 0 aliphatic heterocycles. The number of aromatic hydroxyl groups is 1. The van der Waals surface area contributed by atoms with Crippen LogP contribution in [0.15, 0.2) is 18.2 Å². The van der Waals surface area contributed by atoms with Gasteiger partial charge in [0.2, 0.25) is 0 Å². The minimum atomic E-state index is 0.300. The molecule has 110 valence electrons. The summed E-state index contributed by atoms with van der Waals surface area (Å²) in [5, 5.41) is 10.5.